The summed E-state index contributed by atoms with van der Waals surface area (Å²) in [5, 5.41) is 9.88. The first-order valence-electron chi connectivity index (χ1n) is 6.04. The Kier molecular flexibility index (Phi) is 1.96. The number of hydrogen-bond acceptors (Lipinski definition) is 1. The molecule has 1 aromatic rings. The van der Waals surface area contributed by atoms with Gasteiger partial charge in [-0.05, 0) is 43.6 Å². The molecule has 1 unspecified atom stereocenters. The largest absolute Gasteiger partial charge is 0.388 e. The fourth-order valence-corrected chi connectivity index (χ4v) is 2.66. The summed E-state index contributed by atoms with van der Waals surface area (Å²) in [6.45, 7) is 3.51. The number of nitrogens with zero attached hydrogens (tertiary/aromatic N) is 1. The van der Waals surface area contributed by atoms with E-state index in [0.29, 0.717) is 5.41 Å². The molecule has 0 spiro atoms. The van der Waals surface area contributed by atoms with Crippen LogP contribution in [-0.4, -0.2) is 9.67 Å². The summed E-state index contributed by atoms with van der Waals surface area (Å²) >= 11 is 0. The van der Waals surface area contributed by atoms with Crippen molar-refractivity contribution in [2.24, 2.45) is 5.41 Å². The minimum absolute atomic E-state index is 0.206. The van der Waals surface area contributed by atoms with E-state index in [1.807, 2.05) is 0 Å². The Morgan fingerprint density at radius 1 is 1.53 bits per heavy atom. The number of aliphatic hydroxyl groups is 1. The normalized spacial score (nSPS) is 27.5. The van der Waals surface area contributed by atoms with E-state index in [9.17, 15) is 5.11 Å². The van der Waals surface area contributed by atoms with Gasteiger partial charge in [0.1, 0.15) is 0 Å². The molecule has 0 aliphatic heterocycles. The molecule has 0 radical (unpaired) electrons. The van der Waals surface area contributed by atoms with Crippen molar-refractivity contribution < 1.29 is 5.11 Å². The Labute approximate surface area is 90.9 Å². The number of hydrogen-bond donors (Lipinski definition) is 1. The van der Waals surface area contributed by atoms with Crippen molar-refractivity contribution >= 4 is 0 Å². The predicted molar refractivity (Wildman–Crippen MR) is 59.7 cm³/mol. The predicted octanol–water partition coefficient (Wildman–Crippen LogP) is 2.66. The molecule has 0 aromatic carbocycles. The number of fused-ring (bicyclic) bond motifs is 1. The first-order chi connectivity index (χ1) is 7.18. The average molecular weight is 205 g/mol. The molecular weight excluding hydrogens is 186 g/mol. The van der Waals surface area contributed by atoms with Crippen LogP contribution in [0.25, 0.3) is 0 Å². The van der Waals surface area contributed by atoms with Crippen LogP contribution in [-0.2, 0) is 13.0 Å². The topological polar surface area (TPSA) is 25.2 Å². The van der Waals surface area contributed by atoms with Gasteiger partial charge in [-0.1, -0.05) is 6.92 Å². The van der Waals surface area contributed by atoms with E-state index in [2.05, 4.69) is 23.8 Å². The molecule has 1 fully saturated rings. The van der Waals surface area contributed by atoms with Crippen LogP contribution in [0, 0.1) is 5.41 Å². The molecule has 15 heavy (non-hydrogen) atoms. The van der Waals surface area contributed by atoms with E-state index in [-0.39, 0.29) is 6.10 Å². The maximum atomic E-state index is 9.88. The standard InChI is InChI=1S/C13H19NO/c1-13(6-7-13)9-14-8-5-10-11(14)3-2-4-12(10)15/h5,8,12,15H,2-4,6-7,9H2,1H3. The molecule has 0 bridgehead atoms. The summed E-state index contributed by atoms with van der Waals surface area (Å²) in [5.41, 5.74) is 3.13. The smallest absolute Gasteiger partial charge is 0.0807 e. The van der Waals surface area contributed by atoms with Crippen LogP contribution in [0.2, 0.25) is 0 Å². The molecule has 3 rings (SSSR count). The van der Waals surface area contributed by atoms with Gasteiger partial charge in [-0.2, -0.15) is 0 Å². The van der Waals surface area contributed by atoms with E-state index in [0.717, 1.165) is 25.8 Å². The van der Waals surface area contributed by atoms with Crippen molar-refractivity contribution in [3.63, 3.8) is 0 Å². The van der Waals surface area contributed by atoms with Gasteiger partial charge in [0.05, 0.1) is 6.10 Å². The molecule has 2 aliphatic carbocycles. The molecule has 2 nitrogen and oxygen atoms in total. The Bertz CT molecular complexity index is 376. The lowest BCUT2D eigenvalue weighted by atomic mass is 9.95. The molecule has 0 saturated heterocycles. The second-order valence-corrected chi connectivity index (χ2v) is 5.56. The zero-order valence-electron chi connectivity index (χ0n) is 9.37. The summed E-state index contributed by atoms with van der Waals surface area (Å²) in [6, 6.07) is 2.12. The van der Waals surface area contributed by atoms with Crippen molar-refractivity contribution in [1.29, 1.82) is 0 Å². The fourth-order valence-electron chi connectivity index (χ4n) is 2.66. The zero-order chi connectivity index (χ0) is 10.5. The quantitative estimate of drug-likeness (QED) is 0.789. The third-order valence-electron chi connectivity index (χ3n) is 4.02. The van der Waals surface area contributed by atoms with Crippen molar-refractivity contribution in [3.05, 3.63) is 23.5 Å². The highest BCUT2D eigenvalue weighted by molar-refractivity contribution is 5.27. The zero-order valence-corrected chi connectivity index (χ0v) is 9.37. The summed E-state index contributed by atoms with van der Waals surface area (Å²) in [6.07, 6.45) is 7.91. The van der Waals surface area contributed by atoms with Gasteiger partial charge in [0.25, 0.3) is 0 Å². The molecule has 1 saturated carbocycles. The minimum Gasteiger partial charge on any atom is -0.388 e. The maximum Gasteiger partial charge on any atom is 0.0807 e. The highest BCUT2D eigenvalue weighted by atomic mass is 16.3. The molecule has 2 aliphatic rings. The van der Waals surface area contributed by atoms with Crippen molar-refractivity contribution in [1.82, 2.24) is 4.57 Å². The van der Waals surface area contributed by atoms with Crippen LogP contribution >= 0.6 is 0 Å². The second-order valence-electron chi connectivity index (χ2n) is 5.56. The van der Waals surface area contributed by atoms with Crippen LogP contribution in [0.15, 0.2) is 12.3 Å². The molecule has 1 heterocycles. The third kappa shape index (κ3) is 1.61. The van der Waals surface area contributed by atoms with Gasteiger partial charge >= 0.3 is 0 Å². The number of aliphatic hydroxyl groups excluding tert-OH is 1. The van der Waals surface area contributed by atoms with Gasteiger partial charge in [-0.25, -0.2) is 0 Å². The average Bonchev–Trinajstić information content (AvgIpc) is 2.78. The summed E-state index contributed by atoms with van der Waals surface area (Å²) in [4.78, 5) is 0. The van der Waals surface area contributed by atoms with Gasteiger partial charge in [0, 0.05) is 24.0 Å². The molecule has 2 heteroatoms. The molecule has 0 amide bonds. The fraction of sp³-hybridized carbons (Fsp3) is 0.692. The maximum absolute atomic E-state index is 9.88. The summed E-state index contributed by atoms with van der Waals surface area (Å²) in [7, 11) is 0. The first-order valence-corrected chi connectivity index (χ1v) is 6.04. The lowest BCUT2D eigenvalue weighted by Crippen LogP contribution is -2.15. The first kappa shape index (κ1) is 9.46. The summed E-state index contributed by atoms with van der Waals surface area (Å²) < 4.78 is 2.38. The Hall–Kier alpha value is -0.760. The van der Waals surface area contributed by atoms with Crippen LogP contribution in [0.1, 0.15) is 50.0 Å². The third-order valence-corrected chi connectivity index (χ3v) is 4.02. The molecular formula is C13H19NO. The SMILES string of the molecule is CC1(Cn2ccc3c2CCCC3O)CC1. The van der Waals surface area contributed by atoms with Crippen LogP contribution in [0.3, 0.4) is 0 Å². The van der Waals surface area contributed by atoms with Crippen LogP contribution in [0.4, 0.5) is 0 Å². The monoisotopic (exact) mass is 205 g/mol. The molecule has 1 atom stereocenters. The highest BCUT2D eigenvalue weighted by Gasteiger charge is 2.38. The van der Waals surface area contributed by atoms with E-state index in [1.54, 1.807) is 0 Å². The number of aromatic nitrogens is 1. The van der Waals surface area contributed by atoms with Crippen molar-refractivity contribution in [3.8, 4) is 0 Å². The van der Waals surface area contributed by atoms with Crippen molar-refractivity contribution in [2.75, 3.05) is 0 Å². The highest BCUT2D eigenvalue weighted by Crippen LogP contribution is 2.47. The number of rotatable bonds is 2. The molecule has 1 N–H and O–H groups in total. The molecule has 82 valence electrons. The minimum atomic E-state index is -0.206. The van der Waals surface area contributed by atoms with E-state index < -0.39 is 0 Å². The Morgan fingerprint density at radius 2 is 2.33 bits per heavy atom. The lowest BCUT2D eigenvalue weighted by molar-refractivity contribution is 0.155. The van der Waals surface area contributed by atoms with Gasteiger partial charge in [-0.3, -0.25) is 0 Å². The van der Waals surface area contributed by atoms with E-state index >= 15 is 0 Å². The van der Waals surface area contributed by atoms with Crippen LogP contribution < -0.4 is 0 Å². The van der Waals surface area contributed by atoms with Gasteiger partial charge < -0.3 is 9.67 Å². The van der Waals surface area contributed by atoms with Gasteiger partial charge in [-0.15, -0.1) is 0 Å². The van der Waals surface area contributed by atoms with Gasteiger partial charge in [0.2, 0.25) is 0 Å². The van der Waals surface area contributed by atoms with Crippen molar-refractivity contribution in [2.45, 2.75) is 51.7 Å². The second kappa shape index (κ2) is 3.11. The van der Waals surface area contributed by atoms with Gasteiger partial charge in [0.15, 0.2) is 0 Å². The Balaban J connectivity index is 1.89. The van der Waals surface area contributed by atoms with E-state index in [1.165, 1.54) is 24.1 Å². The van der Waals surface area contributed by atoms with E-state index in [4.69, 9.17) is 0 Å². The molecule has 1 aromatic heterocycles. The van der Waals surface area contributed by atoms with Crippen LogP contribution in [0.5, 0.6) is 0 Å². The summed E-state index contributed by atoms with van der Waals surface area (Å²) in [5.74, 6) is 0. The Morgan fingerprint density at radius 3 is 3.07 bits per heavy atom. The lowest BCUT2D eigenvalue weighted by Gasteiger charge is -2.21.